The molecule has 2 N–H and O–H groups in total. The number of carbonyl (C=O) groups excluding carboxylic acids is 2. The van der Waals surface area contributed by atoms with Gasteiger partial charge in [-0.25, -0.2) is 0 Å². The van der Waals surface area contributed by atoms with Crippen LogP contribution in [0.3, 0.4) is 0 Å². The minimum absolute atomic E-state index is 0.0226. The van der Waals surface area contributed by atoms with Gasteiger partial charge in [-0.1, -0.05) is 11.8 Å². The van der Waals surface area contributed by atoms with Gasteiger partial charge >= 0.3 is 0 Å². The van der Waals surface area contributed by atoms with Gasteiger partial charge in [-0.05, 0) is 25.5 Å². The van der Waals surface area contributed by atoms with E-state index < -0.39 is 12.2 Å². The van der Waals surface area contributed by atoms with Crippen LogP contribution in [-0.4, -0.2) is 38.0 Å². The van der Waals surface area contributed by atoms with Crippen LogP contribution in [0.15, 0.2) is 18.3 Å². The average molecular weight is 283 g/mol. The number of ketones is 1. The van der Waals surface area contributed by atoms with E-state index in [-0.39, 0.29) is 10.9 Å². The molecule has 1 rings (SSSR count). The minimum Gasteiger partial charge on any atom is -0.390 e. The molecule has 6 heteroatoms. The Balaban J connectivity index is 2.58. The van der Waals surface area contributed by atoms with E-state index in [4.69, 9.17) is 0 Å². The third-order valence-electron chi connectivity index (χ3n) is 2.58. The first-order chi connectivity index (χ1) is 8.91. The summed E-state index contributed by atoms with van der Waals surface area (Å²) in [6.45, 7) is 2.89. The molecule has 0 aliphatic heterocycles. The zero-order valence-electron chi connectivity index (χ0n) is 10.9. The second kappa shape index (κ2) is 7.37. The highest BCUT2D eigenvalue weighted by Crippen LogP contribution is 2.19. The molecular formula is C13H17NO4S. The van der Waals surface area contributed by atoms with Crippen molar-refractivity contribution < 1.29 is 19.8 Å². The molecule has 0 aromatic carbocycles. The maximum Gasteiger partial charge on any atom is 0.185 e. The van der Waals surface area contributed by atoms with E-state index in [1.54, 1.807) is 6.07 Å². The van der Waals surface area contributed by atoms with Gasteiger partial charge in [0.2, 0.25) is 0 Å². The minimum atomic E-state index is -1.12. The third-order valence-corrected chi connectivity index (χ3v) is 3.43. The number of hydrogen-bond acceptors (Lipinski definition) is 6. The fourth-order valence-corrected chi connectivity index (χ4v) is 2.11. The molecule has 0 aliphatic carbocycles. The summed E-state index contributed by atoms with van der Waals surface area (Å²) in [4.78, 5) is 25.8. The zero-order chi connectivity index (χ0) is 14.4. The second-order valence-electron chi connectivity index (χ2n) is 4.17. The van der Waals surface area contributed by atoms with Crippen molar-refractivity contribution in [1.82, 2.24) is 4.98 Å². The lowest BCUT2D eigenvalue weighted by atomic mass is 10.1. The molecule has 1 heterocycles. The third kappa shape index (κ3) is 5.10. The number of carbonyl (C=O) groups is 2. The number of aromatic nitrogens is 1. The van der Waals surface area contributed by atoms with Crippen molar-refractivity contribution in [2.75, 3.05) is 5.75 Å². The molecule has 0 saturated carbocycles. The van der Waals surface area contributed by atoms with Crippen molar-refractivity contribution >= 4 is 22.7 Å². The molecule has 2 unspecified atom stereocenters. The van der Waals surface area contributed by atoms with E-state index in [1.807, 2.05) is 0 Å². The summed E-state index contributed by atoms with van der Waals surface area (Å²) in [5, 5.41) is 19.7. The van der Waals surface area contributed by atoms with Gasteiger partial charge < -0.3 is 10.2 Å². The molecule has 0 radical (unpaired) electrons. The molecule has 0 saturated heterocycles. The topological polar surface area (TPSA) is 87.5 Å². The summed E-state index contributed by atoms with van der Waals surface area (Å²) in [6, 6.07) is 3.08. The van der Waals surface area contributed by atoms with E-state index in [2.05, 4.69) is 4.98 Å². The molecule has 0 bridgehead atoms. The summed E-state index contributed by atoms with van der Waals surface area (Å²) >= 11 is 1.10. The molecule has 104 valence electrons. The lowest BCUT2D eigenvalue weighted by molar-refractivity contribution is -0.109. The highest BCUT2D eigenvalue weighted by Gasteiger charge is 2.19. The number of thioether (sulfide) groups is 1. The van der Waals surface area contributed by atoms with E-state index in [9.17, 15) is 19.8 Å². The van der Waals surface area contributed by atoms with Gasteiger partial charge in [0.25, 0.3) is 0 Å². The number of pyridine rings is 1. The van der Waals surface area contributed by atoms with E-state index in [0.717, 1.165) is 11.8 Å². The Morgan fingerprint density at radius 1 is 1.32 bits per heavy atom. The Morgan fingerprint density at radius 2 is 2.00 bits per heavy atom. The first kappa shape index (κ1) is 15.8. The van der Waals surface area contributed by atoms with Crippen molar-refractivity contribution in [2.24, 2.45) is 0 Å². The predicted molar refractivity (Wildman–Crippen MR) is 73.0 cm³/mol. The SMILES string of the molecule is CC(=O)SCCC(O)C(O)c1ccc(C(C)=O)cn1. The Morgan fingerprint density at radius 3 is 2.47 bits per heavy atom. The van der Waals surface area contributed by atoms with Crippen LogP contribution >= 0.6 is 11.8 Å². The van der Waals surface area contributed by atoms with E-state index in [1.165, 1.54) is 26.1 Å². The molecule has 0 spiro atoms. The maximum absolute atomic E-state index is 11.1. The first-order valence-electron chi connectivity index (χ1n) is 5.88. The summed E-state index contributed by atoms with van der Waals surface area (Å²) in [6.07, 6.45) is -0.435. The number of hydrogen-bond donors (Lipinski definition) is 2. The van der Waals surface area contributed by atoms with Crippen LogP contribution in [0.25, 0.3) is 0 Å². The van der Waals surface area contributed by atoms with Crippen LogP contribution in [0.4, 0.5) is 0 Å². The standard InChI is InChI=1S/C13H17NO4S/c1-8(15)10-3-4-11(14-7-10)13(18)12(17)5-6-19-9(2)16/h3-4,7,12-13,17-18H,5-6H2,1-2H3. The molecule has 1 aromatic heterocycles. The van der Waals surface area contributed by atoms with Gasteiger partial charge in [0.15, 0.2) is 10.9 Å². The second-order valence-corrected chi connectivity index (χ2v) is 5.44. The molecular weight excluding hydrogens is 266 g/mol. The Kier molecular flexibility index (Phi) is 6.14. The Labute approximate surface area is 116 Å². The molecule has 0 fully saturated rings. The van der Waals surface area contributed by atoms with Crippen LogP contribution < -0.4 is 0 Å². The Hall–Kier alpha value is -1.24. The summed E-state index contributed by atoms with van der Waals surface area (Å²) in [7, 11) is 0. The van der Waals surface area contributed by atoms with E-state index >= 15 is 0 Å². The smallest absolute Gasteiger partial charge is 0.185 e. The lowest BCUT2D eigenvalue weighted by Gasteiger charge is -2.16. The number of nitrogens with zero attached hydrogens (tertiary/aromatic N) is 1. The largest absolute Gasteiger partial charge is 0.390 e. The number of Topliss-reactive ketones (excluding diaryl/α,β-unsaturated/α-hetero) is 1. The fraction of sp³-hybridized carbons (Fsp3) is 0.462. The number of rotatable bonds is 6. The molecule has 2 atom stereocenters. The van der Waals surface area contributed by atoms with Crippen molar-refractivity contribution in [1.29, 1.82) is 0 Å². The van der Waals surface area contributed by atoms with Crippen molar-refractivity contribution in [3.63, 3.8) is 0 Å². The van der Waals surface area contributed by atoms with Crippen molar-refractivity contribution in [3.05, 3.63) is 29.6 Å². The van der Waals surface area contributed by atoms with Gasteiger partial charge in [-0.2, -0.15) is 0 Å². The van der Waals surface area contributed by atoms with Crippen LogP contribution in [0.2, 0.25) is 0 Å². The lowest BCUT2D eigenvalue weighted by Crippen LogP contribution is -2.20. The van der Waals surface area contributed by atoms with Crippen LogP contribution in [-0.2, 0) is 4.79 Å². The highest BCUT2D eigenvalue weighted by molar-refractivity contribution is 8.13. The average Bonchev–Trinajstić information content (AvgIpc) is 2.37. The van der Waals surface area contributed by atoms with E-state index in [0.29, 0.717) is 23.4 Å². The van der Waals surface area contributed by atoms with Crippen molar-refractivity contribution in [3.8, 4) is 0 Å². The maximum atomic E-state index is 11.1. The summed E-state index contributed by atoms with van der Waals surface area (Å²) in [5.41, 5.74) is 0.767. The molecule has 0 aliphatic rings. The fourth-order valence-electron chi connectivity index (χ4n) is 1.47. The monoisotopic (exact) mass is 283 g/mol. The van der Waals surface area contributed by atoms with Crippen molar-refractivity contribution in [2.45, 2.75) is 32.5 Å². The summed E-state index contributed by atoms with van der Waals surface area (Å²) < 4.78 is 0. The van der Waals surface area contributed by atoms with Crippen LogP contribution in [0.5, 0.6) is 0 Å². The Bertz CT molecular complexity index is 446. The predicted octanol–water partition coefficient (Wildman–Crippen LogP) is 1.35. The van der Waals surface area contributed by atoms with Gasteiger partial charge in [-0.3, -0.25) is 14.6 Å². The van der Waals surface area contributed by atoms with Gasteiger partial charge in [0.1, 0.15) is 6.10 Å². The van der Waals surface area contributed by atoms with Gasteiger partial charge in [0.05, 0.1) is 11.8 Å². The quantitative estimate of drug-likeness (QED) is 0.766. The van der Waals surface area contributed by atoms with Crippen LogP contribution in [0.1, 0.15) is 42.4 Å². The molecule has 5 nitrogen and oxygen atoms in total. The van der Waals surface area contributed by atoms with Gasteiger partial charge in [-0.15, -0.1) is 0 Å². The normalized spacial score (nSPS) is 13.9. The summed E-state index contributed by atoms with van der Waals surface area (Å²) in [5.74, 6) is 0.339. The number of aliphatic hydroxyl groups is 2. The molecule has 1 aromatic rings. The zero-order valence-corrected chi connectivity index (χ0v) is 11.7. The van der Waals surface area contributed by atoms with Gasteiger partial charge in [0, 0.05) is 24.4 Å². The number of aliphatic hydroxyl groups excluding tert-OH is 2. The molecule has 0 amide bonds. The highest BCUT2D eigenvalue weighted by atomic mass is 32.2. The molecule has 19 heavy (non-hydrogen) atoms. The first-order valence-corrected chi connectivity index (χ1v) is 6.86. The van der Waals surface area contributed by atoms with Crippen LogP contribution in [0, 0.1) is 0 Å².